The summed E-state index contributed by atoms with van der Waals surface area (Å²) in [5, 5.41) is 0.849. The number of thiazole rings is 1. The zero-order valence-corrected chi connectivity index (χ0v) is 12.7. The first-order valence-electron chi connectivity index (χ1n) is 6.07. The molecule has 0 saturated carbocycles. The van der Waals surface area contributed by atoms with Crippen LogP contribution in [0, 0.1) is 0 Å². The van der Waals surface area contributed by atoms with E-state index >= 15 is 0 Å². The first kappa shape index (κ1) is 13.8. The summed E-state index contributed by atoms with van der Waals surface area (Å²) in [6.45, 7) is 0. The van der Waals surface area contributed by atoms with Crippen molar-refractivity contribution in [2.75, 3.05) is 12.0 Å². The molecule has 0 radical (unpaired) electrons. The van der Waals surface area contributed by atoms with E-state index in [2.05, 4.69) is 4.98 Å². The molecule has 0 bridgehead atoms. The average molecular weight is 320 g/mol. The number of nitrogens with zero attached hydrogens (tertiary/aromatic N) is 1. The molecule has 0 unspecified atom stereocenters. The summed E-state index contributed by atoms with van der Waals surface area (Å²) in [6.07, 6.45) is 1.02. The molecule has 5 nitrogen and oxygen atoms in total. The molecule has 2 aromatic carbocycles. The Hall–Kier alpha value is -2.12. The number of rotatable bonds is 3. The van der Waals surface area contributed by atoms with Crippen molar-refractivity contribution in [3.63, 3.8) is 0 Å². The van der Waals surface area contributed by atoms with Gasteiger partial charge in [0.1, 0.15) is 10.8 Å². The van der Waals surface area contributed by atoms with Crippen molar-refractivity contribution in [1.29, 1.82) is 0 Å². The number of fused-ring (bicyclic) bond motifs is 1. The van der Waals surface area contributed by atoms with Gasteiger partial charge < -0.3 is 9.92 Å². The third kappa shape index (κ3) is 3.14. The highest BCUT2D eigenvalue weighted by Gasteiger charge is 2.09. The van der Waals surface area contributed by atoms with Crippen LogP contribution in [0.5, 0.6) is 5.75 Å². The summed E-state index contributed by atoms with van der Waals surface area (Å²) in [5.74, 6) is 0.289. The molecule has 0 fully saturated rings. The zero-order chi connectivity index (χ0) is 15.0. The largest absolute Gasteiger partial charge is 0.399 e. The topological polar surface area (TPSA) is 82.3 Å². The highest BCUT2D eigenvalue weighted by molar-refractivity contribution is 7.86. The maximum atomic E-state index is 11.1. The lowest BCUT2D eigenvalue weighted by atomic mass is 10.2. The van der Waals surface area contributed by atoms with Gasteiger partial charge in [-0.3, -0.25) is 0 Å². The lowest BCUT2D eigenvalue weighted by Gasteiger charge is -2.01. The van der Waals surface area contributed by atoms with Crippen molar-refractivity contribution in [2.24, 2.45) is 0 Å². The number of hydrogen-bond acceptors (Lipinski definition) is 6. The second-order valence-corrected chi connectivity index (χ2v) is 7.16. The Balaban J connectivity index is 2.02. The van der Waals surface area contributed by atoms with Gasteiger partial charge in [0, 0.05) is 17.3 Å². The molecule has 7 heteroatoms. The maximum Gasteiger partial charge on any atom is 0.306 e. The average Bonchev–Trinajstić information content (AvgIpc) is 2.80. The quantitative estimate of drug-likeness (QED) is 0.592. The van der Waals surface area contributed by atoms with E-state index in [1.165, 1.54) is 11.3 Å². The number of hydrogen-bond donors (Lipinski definition) is 1. The lowest BCUT2D eigenvalue weighted by molar-refractivity contribution is 0.493. The summed E-state index contributed by atoms with van der Waals surface area (Å²) in [6, 6.07) is 12.5. The van der Waals surface area contributed by atoms with Gasteiger partial charge in [-0.15, -0.1) is 11.3 Å². The smallest absolute Gasteiger partial charge is 0.306 e. The standard InChI is InChI=1S/C14H12N2O3S2/c1-21(17,18)19-11-6-7-12-13(8-11)20-14(16-12)9-2-4-10(15)5-3-9/h2-8H,15H2,1H3. The Morgan fingerprint density at radius 2 is 1.86 bits per heavy atom. The molecule has 21 heavy (non-hydrogen) atoms. The van der Waals surface area contributed by atoms with E-state index in [1.54, 1.807) is 18.2 Å². The Morgan fingerprint density at radius 3 is 2.52 bits per heavy atom. The summed E-state index contributed by atoms with van der Waals surface area (Å²) in [4.78, 5) is 4.52. The minimum absolute atomic E-state index is 0.289. The van der Waals surface area contributed by atoms with E-state index in [0.717, 1.165) is 27.0 Å². The molecular formula is C14H12N2O3S2. The molecule has 0 aliphatic rings. The van der Waals surface area contributed by atoms with Crippen molar-refractivity contribution in [1.82, 2.24) is 4.98 Å². The first-order valence-corrected chi connectivity index (χ1v) is 8.70. The van der Waals surface area contributed by atoms with Crippen LogP contribution in [0.4, 0.5) is 5.69 Å². The van der Waals surface area contributed by atoms with Crippen molar-refractivity contribution in [3.05, 3.63) is 42.5 Å². The molecule has 0 aliphatic heterocycles. The van der Waals surface area contributed by atoms with E-state index in [4.69, 9.17) is 9.92 Å². The number of anilines is 1. The number of benzene rings is 2. The van der Waals surface area contributed by atoms with Gasteiger partial charge in [0.25, 0.3) is 0 Å². The molecule has 0 amide bonds. The number of nitrogens with two attached hydrogens (primary N) is 1. The van der Waals surface area contributed by atoms with Crippen molar-refractivity contribution < 1.29 is 12.6 Å². The Morgan fingerprint density at radius 1 is 1.14 bits per heavy atom. The fourth-order valence-corrected chi connectivity index (χ4v) is 3.33. The van der Waals surface area contributed by atoms with Crippen LogP contribution in [-0.4, -0.2) is 19.7 Å². The molecule has 1 heterocycles. The van der Waals surface area contributed by atoms with Gasteiger partial charge in [-0.25, -0.2) is 4.98 Å². The predicted octanol–water partition coefficient (Wildman–Crippen LogP) is 2.88. The van der Waals surface area contributed by atoms with Crippen LogP contribution in [0.1, 0.15) is 0 Å². The van der Waals surface area contributed by atoms with Gasteiger partial charge in [-0.05, 0) is 36.4 Å². The van der Waals surface area contributed by atoms with E-state index in [-0.39, 0.29) is 5.75 Å². The Bertz CT molecular complexity index is 900. The van der Waals surface area contributed by atoms with Crippen LogP contribution in [0.25, 0.3) is 20.8 Å². The van der Waals surface area contributed by atoms with E-state index in [0.29, 0.717) is 5.69 Å². The van der Waals surface area contributed by atoms with Gasteiger partial charge >= 0.3 is 10.1 Å². The van der Waals surface area contributed by atoms with Crippen molar-refractivity contribution in [3.8, 4) is 16.3 Å². The van der Waals surface area contributed by atoms with Crippen LogP contribution in [0.2, 0.25) is 0 Å². The molecular weight excluding hydrogens is 308 g/mol. The van der Waals surface area contributed by atoms with E-state index < -0.39 is 10.1 Å². The molecule has 0 saturated heterocycles. The second-order valence-electron chi connectivity index (χ2n) is 4.56. The second kappa shape index (κ2) is 5.01. The van der Waals surface area contributed by atoms with Gasteiger partial charge in [0.05, 0.1) is 16.5 Å². The molecule has 2 N–H and O–H groups in total. The van der Waals surface area contributed by atoms with Crippen LogP contribution in [-0.2, 0) is 10.1 Å². The molecule has 0 spiro atoms. The third-order valence-electron chi connectivity index (χ3n) is 2.77. The van der Waals surface area contributed by atoms with Crippen LogP contribution < -0.4 is 9.92 Å². The zero-order valence-electron chi connectivity index (χ0n) is 11.1. The predicted molar refractivity (Wildman–Crippen MR) is 84.9 cm³/mol. The molecule has 108 valence electrons. The Kier molecular flexibility index (Phi) is 3.30. The van der Waals surface area contributed by atoms with Crippen LogP contribution in [0.3, 0.4) is 0 Å². The van der Waals surface area contributed by atoms with E-state index in [9.17, 15) is 8.42 Å². The van der Waals surface area contributed by atoms with Crippen LogP contribution in [0.15, 0.2) is 42.5 Å². The fraction of sp³-hybridized carbons (Fsp3) is 0.0714. The molecule has 0 aliphatic carbocycles. The first-order chi connectivity index (χ1) is 9.90. The minimum Gasteiger partial charge on any atom is -0.399 e. The van der Waals surface area contributed by atoms with Gasteiger partial charge in [0.15, 0.2) is 0 Å². The summed E-state index contributed by atoms with van der Waals surface area (Å²) in [5.41, 5.74) is 8.13. The highest BCUT2D eigenvalue weighted by Crippen LogP contribution is 2.32. The molecule has 3 rings (SSSR count). The molecule has 1 aromatic heterocycles. The highest BCUT2D eigenvalue weighted by atomic mass is 32.2. The van der Waals surface area contributed by atoms with Crippen molar-refractivity contribution >= 4 is 37.4 Å². The molecule has 0 atom stereocenters. The third-order valence-corrected chi connectivity index (χ3v) is 4.33. The van der Waals surface area contributed by atoms with Crippen molar-refractivity contribution in [2.45, 2.75) is 0 Å². The number of aromatic nitrogens is 1. The number of nitrogen functional groups attached to an aromatic ring is 1. The summed E-state index contributed by atoms with van der Waals surface area (Å²) in [7, 11) is -3.53. The lowest BCUT2D eigenvalue weighted by Crippen LogP contribution is -2.05. The Labute approximate surface area is 126 Å². The SMILES string of the molecule is CS(=O)(=O)Oc1ccc2nc(-c3ccc(N)cc3)sc2c1. The van der Waals surface area contributed by atoms with Gasteiger partial charge in [-0.1, -0.05) is 0 Å². The van der Waals surface area contributed by atoms with E-state index in [1.807, 2.05) is 24.3 Å². The molecule has 3 aromatic rings. The summed E-state index contributed by atoms with van der Waals surface area (Å²) >= 11 is 1.47. The van der Waals surface area contributed by atoms with Crippen LogP contribution >= 0.6 is 11.3 Å². The maximum absolute atomic E-state index is 11.1. The van der Waals surface area contributed by atoms with Gasteiger partial charge in [-0.2, -0.15) is 8.42 Å². The van der Waals surface area contributed by atoms with Gasteiger partial charge in [0.2, 0.25) is 0 Å². The minimum atomic E-state index is -3.53. The fourth-order valence-electron chi connectivity index (χ4n) is 1.88. The summed E-state index contributed by atoms with van der Waals surface area (Å²) < 4.78 is 28.0. The monoisotopic (exact) mass is 320 g/mol. The normalized spacial score (nSPS) is 11.7.